The fourth-order valence-corrected chi connectivity index (χ4v) is 3.03. The van der Waals surface area contributed by atoms with E-state index < -0.39 is 0 Å². The number of halogens is 1. The third-order valence-electron chi connectivity index (χ3n) is 4.26. The van der Waals surface area contributed by atoms with Crippen LogP contribution in [0, 0.1) is 0 Å². The lowest BCUT2D eigenvalue weighted by Gasteiger charge is -2.10. The molecule has 0 radical (unpaired) electrons. The minimum atomic E-state index is -0.121. The first-order chi connectivity index (χ1) is 11.2. The highest BCUT2D eigenvalue weighted by Gasteiger charge is 2.13. The molecule has 1 heterocycles. The highest BCUT2D eigenvalue weighted by atomic mass is 35.5. The van der Waals surface area contributed by atoms with Crippen LogP contribution in [0.1, 0.15) is 35.2 Å². The standard InChI is InChI=1S/C19H21ClN2O/c20-16-8-6-15(7-9-16)19(23)22-18-11-4-14(5-12-18)3-10-17-2-1-13-21-17/h4-9,11-12,17,21H,1-3,10,13H2,(H,22,23). The number of carbonyl (C=O) groups excluding carboxylic acids is 1. The number of hydrogen-bond donors (Lipinski definition) is 2. The maximum Gasteiger partial charge on any atom is 0.255 e. The first kappa shape index (κ1) is 16.0. The number of amides is 1. The molecule has 1 aliphatic heterocycles. The molecule has 2 N–H and O–H groups in total. The van der Waals surface area contributed by atoms with Crippen molar-refractivity contribution in [2.24, 2.45) is 0 Å². The molecule has 3 rings (SSSR count). The quantitative estimate of drug-likeness (QED) is 0.860. The molecule has 2 aromatic rings. The van der Waals surface area contributed by atoms with Gasteiger partial charge in [0.1, 0.15) is 0 Å². The van der Waals surface area contributed by atoms with Gasteiger partial charge in [-0.2, -0.15) is 0 Å². The SMILES string of the molecule is O=C(Nc1ccc(CCC2CCCN2)cc1)c1ccc(Cl)cc1. The van der Waals surface area contributed by atoms with E-state index >= 15 is 0 Å². The average Bonchev–Trinajstić information content (AvgIpc) is 3.08. The van der Waals surface area contributed by atoms with Crippen molar-refractivity contribution in [3.8, 4) is 0 Å². The Morgan fingerprint density at radius 1 is 1.13 bits per heavy atom. The van der Waals surface area contributed by atoms with Crippen LogP contribution in [-0.4, -0.2) is 18.5 Å². The number of rotatable bonds is 5. The summed E-state index contributed by atoms with van der Waals surface area (Å²) in [4.78, 5) is 12.1. The van der Waals surface area contributed by atoms with Crippen LogP contribution in [0.25, 0.3) is 0 Å². The Labute approximate surface area is 142 Å². The van der Waals surface area contributed by atoms with Crippen molar-refractivity contribution in [1.29, 1.82) is 0 Å². The molecule has 1 fully saturated rings. The van der Waals surface area contributed by atoms with Crippen LogP contribution in [0.5, 0.6) is 0 Å². The molecule has 0 aromatic heterocycles. The van der Waals surface area contributed by atoms with E-state index in [1.807, 2.05) is 12.1 Å². The molecule has 1 unspecified atom stereocenters. The van der Waals surface area contributed by atoms with Crippen molar-refractivity contribution < 1.29 is 4.79 Å². The molecule has 0 spiro atoms. The van der Waals surface area contributed by atoms with Crippen LogP contribution in [0.2, 0.25) is 5.02 Å². The Morgan fingerprint density at radius 2 is 1.87 bits per heavy atom. The summed E-state index contributed by atoms with van der Waals surface area (Å²) in [7, 11) is 0. The van der Waals surface area contributed by atoms with Gasteiger partial charge in [0.15, 0.2) is 0 Å². The molecule has 23 heavy (non-hydrogen) atoms. The highest BCUT2D eigenvalue weighted by molar-refractivity contribution is 6.30. The lowest BCUT2D eigenvalue weighted by Crippen LogP contribution is -2.21. The fraction of sp³-hybridized carbons (Fsp3) is 0.316. The second kappa shape index (κ2) is 7.62. The molecule has 4 heteroatoms. The monoisotopic (exact) mass is 328 g/mol. The van der Waals surface area contributed by atoms with Gasteiger partial charge in [-0.05, 0) is 74.2 Å². The predicted octanol–water partition coefficient (Wildman–Crippen LogP) is 4.28. The molecule has 0 saturated carbocycles. The summed E-state index contributed by atoms with van der Waals surface area (Å²) < 4.78 is 0. The molecular weight excluding hydrogens is 308 g/mol. The van der Waals surface area contributed by atoms with Gasteiger partial charge in [-0.1, -0.05) is 23.7 Å². The van der Waals surface area contributed by atoms with Gasteiger partial charge in [-0.25, -0.2) is 0 Å². The van der Waals surface area contributed by atoms with Gasteiger partial charge in [-0.3, -0.25) is 4.79 Å². The third-order valence-corrected chi connectivity index (χ3v) is 4.51. The van der Waals surface area contributed by atoms with E-state index in [0.717, 1.165) is 18.7 Å². The van der Waals surface area contributed by atoms with Crippen LogP contribution in [0.15, 0.2) is 48.5 Å². The predicted molar refractivity (Wildman–Crippen MR) is 95.2 cm³/mol. The molecule has 1 saturated heterocycles. The van der Waals surface area contributed by atoms with Gasteiger partial charge >= 0.3 is 0 Å². The number of carbonyl (C=O) groups is 1. The summed E-state index contributed by atoms with van der Waals surface area (Å²) in [5, 5.41) is 7.06. The second-order valence-electron chi connectivity index (χ2n) is 5.99. The number of anilines is 1. The van der Waals surface area contributed by atoms with E-state index in [1.54, 1.807) is 24.3 Å². The largest absolute Gasteiger partial charge is 0.322 e. The van der Waals surface area contributed by atoms with E-state index in [9.17, 15) is 4.79 Å². The van der Waals surface area contributed by atoms with Crippen molar-refractivity contribution in [3.05, 3.63) is 64.7 Å². The highest BCUT2D eigenvalue weighted by Crippen LogP contribution is 2.16. The number of benzene rings is 2. The lowest BCUT2D eigenvalue weighted by molar-refractivity contribution is 0.102. The Kier molecular flexibility index (Phi) is 5.31. The lowest BCUT2D eigenvalue weighted by atomic mass is 10.0. The second-order valence-corrected chi connectivity index (χ2v) is 6.43. The first-order valence-electron chi connectivity index (χ1n) is 8.10. The summed E-state index contributed by atoms with van der Waals surface area (Å²) in [6, 6.07) is 15.7. The van der Waals surface area contributed by atoms with E-state index in [-0.39, 0.29) is 5.91 Å². The maximum absolute atomic E-state index is 12.1. The average molecular weight is 329 g/mol. The van der Waals surface area contributed by atoms with Gasteiger partial charge in [-0.15, -0.1) is 0 Å². The smallest absolute Gasteiger partial charge is 0.255 e. The molecule has 0 aliphatic carbocycles. The summed E-state index contributed by atoms with van der Waals surface area (Å²) >= 11 is 5.83. The Balaban J connectivity index is 1.54. The zero-order valence-electron chi connectivity index (χ0n) is 13.0. The molecule has 2 aromatic carbocycles. The van der Waals surface area contributed by atoms with Gasteiger partial charge in [0.2, 0.25) is 0 Å². The van der Waals surface area contributed by atoms with Crippen molar-refractivity contribution in [1.82, 2.24) is 5.32 Å². The van der Waals surface area contributed by atoms with E-state index in [0.29, 0.717) is 16.6 Å². The van der Waals surface area contributed by atoms with Crippen LogP contribution >= 0.6 is 11.6 Å². The molecule has 0 bridgehead atoms. The van der Waals surface area contributed by atoms with Crippen LogP contribution in [-0.2, 0) is 6.42 Å². The molecule has 1 atom stereocenters. The maximum atomic E-state index is 12.1. The Hall–Kier alpha value is -1.84. The fourth-order valence-electron chi connectivity index (χ4n) is 2.90. The molecule has 3 nitrogen and oxygen atoms in total. The van der Waals surface area contributed by atoms with E-state index in [1.165, 1.54) is 24.8 Å². The van der Waals surface area contributed by atoms with Crippen molar-refractivity contribution in [3.63, 3.8) is 0 Å². The zero-order valence-corrected chi connectivity index (χ0v) is 13.8. The number of hydrogen-bond acceptors (Lipinski definition) is 2. The minimum Gasteiger partial charge on any atom is -0.322 e. The Bertz CT molecular complexity index is 646. The Morgan fingerprint density at radius 3 is 2.52 bits per heavy atom. The minimum absolute atomic E-state index is 0.121. The molecular formula is C19H21ClN2O. The van der Waals surface area contributed by atoms with Crippen molar-refractivity contribution in [2.45, 2.75) is 31.7 Å². The zero-order chi connectivity index (χ0) is 16.1. The molecule has 1 amide bonds. The summed E-state index contributed by atoms with van der Waals surface area (Å²) in [6.45, 7) is 1.15. The summed E-state index contributed by atoms with van der Waals surface area (Å²) in [5.74, 6) is -0.121. The normalized spacial score (nSPS) is 17.2. The van der Waals surface area contributed by atoms with E-state index in [4.69, 9.17) is 11.6 Å². The van der Waals surface area contributed by atoms with Crippen molar-refractivity contribution >= 4 is 23.2 Å². The van der Waals surface area contributed by atoms with Crippen LogP contribution < -0.4 is 10.6 Å². The first-order valence-corrected chi connectivity index (χ1v) is 8.48. The van der Waals surface area contributed by atoms with Gasteiger partial charge < -0.3 is 10.6 Å². The molecule has 120 valence electrons. The summed E-state index contributed by atoms with van der Waals surface area (Å²) in [5.41, 5.74) is 2.72. The number of nitrogens with one attached hydrogen (secondary N) is 2. The van der Waals surface area contributed by atoms with E-state index in [2.05, 4.69) is 22.8 Å². The molecule has 1 aliphatic rings. The summed E-state index contributed by atoms with van der Waals surface area (Å²) in [6.07, 6.45) is 4.83. The van der Waals surface area contributed by atoms with Gasteiger partial charge in [0.25, 0.3) is 5.91 Å². The van der Waals surface area contributed by atoms with Crippen molar-refractivity contribution in [2.75, 3.05) is 11.9 Å². The van der Waals surface area contributed by atoms with Gasteiger partial charge in [0, 0.05) is 22.3 Å². The van der Waals surface area contributed by atoms with Crippen LogP contribution in [0.4, 0.5) is 5.69 Å². The van der Waals surface area contributed by atoms with Gasteiger partial charge in [0.05, 0.1) is 0 Å². The number of aryl methyl sites for hydroxylation is 1. The topological polar surface area (TPSA) is 41.1 Å². The third kappa shape index (κ3) is 4.57. The van der Waals surface area contributed by atoms with Crippen LogP contribution in [0.3, 0.4) is 0 Å².